The largest absolute Gasteiger partial charge is 0.424 e. The topological polar surface area (TPSA) is 48.3 Å². The summed E-state index contributed by atoms with van der Waals surface area (Å²) in [5.41, 5.74) is 1.87. The van der Waals surface area contributed by atoms with E-state index in [-0.39, 0.29) is 18.2 Å². The lowest BCUT2D eigenvalue weighted by Gasteiger charge is -2.08. The fourth-order valence-electron chi connectivity index (χ4n) is 2.43. The van der Waals surface area contributed by atoms with Crippen LogP contribution >= 0.6 is 11.6 Å². The van der Waals surface area contributed by atoms with Gasteiger partial charge in [-0.1, -0.05) is 11.6 Å². The quantitative estimate of drug-likeness (QED) is 0.645. The van der Waals surface area contributed by atoms with Crippen molar-refractivity contribution in [2.45, 2.75) is 19.9 Å². The lowest BCUT2D eigenvalue weighted by atomic mass is 10.1. The Hall–Kier alpha value is -2.07. The summed E-state index contributed by atoms with van der Waals surface area (Å²) in [6.07, 6.45) is 0.219. The predicted molar refractivity (Wildman–Crippen MR) is 74.3 cm³/mol. The average molecular weight is 290 g/mol. The number of nitrogens with zero attached hydrogens (tertiary/aromatic N) is 1. The summed E-state index contributed by atoms with van der Waals surface area (Å²) in [5.74, 6) is 0.117. The zero-order valence-corrected chi connectivity index (χ0v) is 11.6. The Balaban J connectivity index is 2.03. The number of fused-ring (bicyclic) bond motifs is 1. The van der Waals surface area contributed by atoms with Gasteiger partial charge >= 0.3 is 5.97 Å². The van der Waals surface area contributed by atoms with Gasteiger partial charge in [0.1, 0.15) is 0 Å². The normalized spacial score (nSPS) is 13.2. The molecule has 20 heavy (non-hydrogen) atoms. The zero-order valence-electron chi connectivity index (χ0n) is 10.9. The first kappa shape index (κ1) is 12.9. The second-order valence-electron chi connectivity index (χ2n) is 4.57. The molecule has 1 aromatic carbocycles. The van der Waals surface area contributed by atoms with E-state index < -0.39 is 0 Å². The van der Waals surface area contributed by atoms with E-state index >= 15 is 0 Å². The number of hydrogen-bond acceptors (Lipinski definition) is 3. The van der Waals surface area contributed by atoms with Crippen LogP contribution < -0.4 is 4.74 Å². The number of benzene rings is 1. The van der Waals surface area contributed by atoms with Gasteiger partial charge in [-0.3, -0.25) is 9.59 Å². The highest BCUT2D eigenvalue weighted by molar-refractivity contribution is 6.30. The first-order chi connectivity index (χ1) is 9.60. The molecule has 1 aliphatic rings. The minimum Gasteiger partial charge on any atom is -0.424 e. The molecule has 4 nitrogen and oxygen atoms in total. The third kappa shape index (κ3) is 2.02. The van der Waals surface area contributed by atoms with Crippen molar-refractivity contribution in [1.82, 2.24) is 4.57 Å². The molecule has 2 aromatic rings. The lowest BCUT2D eigenvalue weighted by molar-refractivity contribution is -0.131. The monoisotopic (exact) mass is 289 g/mol. The lowest BCUT2D eigenvalue weighted by Crippen LogP contribution is -2.13. The molecule has 0 radical (unpaired) electrons. The van der Waals surface area contributed by atoms with Gasteiger partial charge in [-0.05, 0) is 31.2 Å². The summed E-state index contributed by atoms with van der Waals surface area (Å²) < 4.78 is 6.93. The van der Waals surface area contributed by atoms with Crippen LogP contribution in [-0.2, 0) is 17.8 Å². The molecule has 0 atom stereocenters. The molecule has 5 heteroatoms. The smallest absolute Gasteiger partial charge is 0.317 e. The van der Waals surface area contributed by atoms with Crippen LogP contribution in [-0.4, -0.2) is 16.3 Å². The first-order valence-corrected chi connectivity index (χ1v) is 6.71. The predicted octanol–water partition coefficient (Wildman–Crippen LogP) is 2.85. The summed E-state index contributed by atoms with van der Waals surface area (Å²) in [4.78, 5) is 23.8. The van der Waals surface area contributed by atoms with Crippen molar-refractivity contribution < 1.29 is 14.3 Å². The summed E-state index contributed by atoms with van der Waals surface area (Å²) >= 11 is 5.82. The van der Waals surface area contributed by atoms with Gasteiger partial charge in [-0.25, -0.2) is 0 Å². The molecule has 0 unspecified atom stereocenters. The Bertz CT molecular complexity index is 701. The van der Waals surface area contributed by atoms with Crippen LogP contribution in [0, 0.1) is 0 Å². The van der Waals surface area contributed by atoms with Crippen LogP contribution in [0.15, 0.2) is 30.3 Å². The number of ether oxygens (including phenoxy) is 1. The molecule has 1 aliphatic heterocycles. The Morgan fingerprint density at radius 1 is 1.35 bits per heavy atom. The number of hydrogen-bond donors (Lipinski definition) is 0. The fourth-order valence-corrected chi connectivity index (χ4v) is 2.55. The van der Waals surface area contributed by atoms with Gasteiger partial charge in [0.25, 0.3) is 0 Å². The third-order valence-electron chi connectivity index (χ3n) is 3.36. The zero-order chi connectivity index (χ0) is 14.3. The van der Waals surface area contributed by atoms with Gasteiger partial charge in [-0.15, -0.1) is 0 Å². The maximum absolute atomic E-state index is 12.5. The molecule has 0 spiro atoms. The number of ketones is 1. The van der Waals surface area contributed by atoms with E-state index in [2.05, 4.69) is 0 Å². The molecule has 2 heterocycles. The minimum atomic E-state index is -0.275. The van der Waals surface area contributed by atoms with Gasteiger partial charge in [-0.2, -0.15) is 0 Å². The van der Waals surface area contributed by atoms with Crippen molar-refractivity contribution in [1.29, 1.82) is 0 Å². The molecule has 0 N–H and O–H groups in total. The summed E-state index contributed by atoms with van der Waals surface area (Å²) in [5, 5.41) is 0.587. The minimum absolute atomic E-state index is 0.103. The Morgan fingerprint density at radius 2 is 2.05 bits per heavy atom. The maximum Gasteiger partial charge on any atom is 0.317 e. The standard InChI is InChI=1S/C15H12ClNO3/c1-2-17-11-8-14(18)20-13(11)7-12(17)15(19)9-3-5-10(16)6-4-9/h3-7H,2,8H2,1H3. The Labute approximate surface area is 120 Å². The van der Waals surface area contributed by atoms with Crippen LogP contribution in [0.5, 0.6) is 5.75 Å². The molecule has 102 valence electrons. The molecule has 0 saturated heterocycles. The Kier molecular flexibility index (Phi) is 3.10. The number of aromatic nitrogens is 1. The van der Waals surface area contributed by atoms with Crippen LogP contribution in [0.3, 0.4) is 0 Å². The molecule has 0 amide bonds. The molecule has 0 fully saturated rings. The van der Waals surface area contributed by atoms with Gasteiger partial charge in [0.05, 0.1) is 17.8 Å². The van der Waals surface area contributed by atoms with Crippen molar-refractivity contribution in [2.24, 2.45) is 0 Å². The third-order valence-corrected chi connectivity index (χ3v) is 3.61. The molecule has 0 saturated carbocycles. The van der Waals surface area contributed by atoms with Crippen LogP contribution in [0.4, 0.5) is 0 Å². The van der Waals surface area contributed by atoms with E-state index in [1.54, 1.807) is 30.3 Å². The SMILES string of the molecule is CCn1c(C(=O)c2ccc(Cl)cc2)cc2c1CC(=O)O2. The van der Waals surface area contributed by atoms with E-state index in [1.807, 2.05) is 11.5 Å². The first-order valence-electron chi connectivity index (χ1n) is 6.33. The van der Waals surface area contributed by atoms with Gasteiger partial charge in [0.15, 0.2) is 5.75 Å². The number of carbonyl (C=O) groups excluding carboxylic acids is 2. The van der Waals surface area contributed by atoms with Crippen molar-refractivity contribution in [3.05, 3.63) is 52.3 Å². The highest BCUT2D eigenvalue weighted by Crippen LogP contribution is 2.31. The second kappa shape index (κ2) is 4.80. The molecule has 0 bridgehead atoms. The van der Waals surface area contributed by atoms with E-state index in [0.717, 1.165) is 5.69 Å². The second-order valence-corrected chi connectivity index (χ2v) is 5.01. The van der Waals surface area contributed by atoms with Crippen LogP contribution in [0.2, 0.25) is 5.02 Å². The van der Waals surface area contributed by atoms with E-state index in [4.69, 9.17) is 16.3 Å². The number of esters is 1. The van der Waals surface area contributed by atoms with E-state index in [1.165, 1.54) is 0 Å². The fraction of sp³-hybridized carbons (Fsp3) is 0.200. The number of rotatable bonds is 3. The van der Waals surface area contributed by atoms with Crippen molar-refractivity contribution in [2.75, 3.05) is 0 Å². The molecule has 3 rings (SSSR count). The Morgan fingerprint density at radius 3 is 2.70 bits per heavy atom. The average Bonchev–Trinajstić information content (AvgIpc) is 2.94. The van der Waals surface area contributed by atoms with Crippen molar-refractivity contribution in [3.63, 3.8) is 0 Å². The maximum atomic E-state index is 12.5. The van der Waals surface area contributed by atoms with Crippen molar-refractivity contribution in [3.8, 4) is 5.75 Å². The van der Waals surface area contributed by atoms with Gasteiger partial charge in [0, 0.05) is 23.2 Å². The molecular weight excluding hydrogens is 278 g/mol. The van der Waals surface area contributed by atoms with E-state index in [0.29, 0.717) is 28.6 Å². The van der Waals surface area contributed by atoms with E-state index in [9.17, 15) is 9.59 Å². The summed E-state index contributed by atoms with van der Waals surface area (Å²) in [7, 11) is 0. The number of carbonyl (C=O) groups is 2. The summed E-state index contributed by atoms with van der Waals surface area (Å²) in [6, 6.07) is 8.38. The van der Waals surface area contributed by atoms with Crippen LogP contribution in [0.25, 0.3) is 0 Å². The molecular formula is C15H12ClNO3. The molecule has 1 aromatic heterocycles. The van der Waals surface area contributed by atoms with Gasteiger partial charge in [0.2, 0.25) is 5.78 Å². The summed E-state index contributed by atoms with van der Waals surface area (Å²) in [6.45, 7) is 2.54. The van der Waals surface area contributed by atoms with Crippen molar-refractivity contribution >= 4 is 23.4 Å². The van der Waals surface area contributed by atoms with Crippen LogP contribution in [0.1, 0.15) is 28.7 Å². The molecule has 0 aliphatic carbocycles. The van der Waals surface area contributed by atoms with Gasteiger partial charge < -0.3 is 9.30 Å². The highest BCUT2D eigenvalue weighted by Gasteiger charge is 2.29. The number of halogens is 1. The highest BCUT2D eigenvalue weighted by atomic mass is 35.5.